The molecule has 0 bridgehead atoms. The third-order valence-corrected chi connectivity index (χ3v) is 3.57. The Kier molecular flexibility index (Phi) is 4.54. The van der Waals surface area contributed by atoms with Crippen LogP contribution in [0.2, 0.25) is 0 Å². The van der Waals surface area contributed by atoms with Crippen LogP contribution in [-0.4, -0.2) is 50.2 Å². The fourth-order valence-electron chi connectivity index (χ4n) is 2.27. The van der Waals surface area contributed by atoms with Crippen LogP contribution in [0.25, 0.3) is 5.65 Å². The molecule has 8 heteroatoms. The van der Waals surface area contributed by atoms with Gasteiger partial charge in [-0.3, -0.25) is 4.40 Å². The molecule has 0 aliphatic rings. The molecule has 0 fully saturated rings. The molecule has 126 valence electrons. The quantitative estimate of drug-likeness (QED) is 0.739. The topological polar surface area (TPSA) is 84.1 Å². The van der Waals surface area contributed by atoms with Gasteiger partial charge >= 0.3 is 0 Å². The molecule has 3 rings (SSSR count). The summed E-state index contributed by atoms with van der Waals surface area (Å²) in [7, 11) is 3.84. The molecule has 0 unspecified atom stereocenters. The molecule has 0 amide bonds. The van der Waals surface area contributed by atoms with Crippen LogP contribution in [-0.2, 0) is 6.42 Å². The molecule has 24 heavy (non-hydrogen) atoms. The highest BCUT2D eigenvalue weighted by atomic mass is 15.3. The van der Waals surface area contributed by atoms with E-state index in [1.54, 1.807) is 0 Å². The maximum Gasteiger partial charge on any atom is 0.229 e. The average molecular weight is 326 g/mol. The van der Waals surface area contributed by atoms with Crippen molar-refractivity contribution in [3.05, 3.63) is 36.0 Å². The molecule has 0 aromatic carbocycles. The zero-order valence-corrected chi connectivity index (χ0v) is 14.4. The fraction of sp³-hybridized carbons (Fsp3) is 0.438. The second kappa shape index (κ2) is 6.77. The van der Waals surface area contributed by atoms with Crippen molar-refractivity contribution in [3.63, 3.8) is 0 Å². The minimum Gasteiger partial charge on any atom is -0.354 e. The largest absolute Gasteiger partial charge is 0.354 e. The number of anilines is 2. The molecule has 0 atom stereocenters. The monoisotopic (exact) mass is 326 g/mol. The molecule has 0 saturated carbocycles. The molecule has 0 spiro atoms. The van der Waals surface area contributed by atoms with E-state index in [1.165, 1.54) is 0 Å². The van der Waals surface area contributed by atoms with Gasteiger partial charge in [0, 0.05) is 39.2 Å². The number of rotatable bonds is 6. The predicted molar refractivity (Wildman–Crippen MR) is 93.4 cm³/mol. The summed E-state index contributed by atoms with van der Waals surface area (Å²) in [5, 5.41) is 11.7. The van der Waals surface area contributed by atoms with Crippen molar-refractivity contribution in [2.45, 2.75) is 26.2 Å². The van der Waals surface area contributed by atoms with Crippen LogP contribution in [0.15, 0.2) is 24.4 Å². The highest BCUT2D eigenvalue weighted by Crippen LogP contribution is 2.15. The number of hydrogen-bond donors (Lipinski definition) is 1. The Morgan fingerprint density at radius 1 is 1.12 bits per heavy atom. The molecule has 3 heterocycles. The minimum atomic E-state index is 0.243. The highest BCUT2D eigenvalue weighted by Gasteiger charge is 2.11. The van der Waals surface area contributed by atoms with Crippen molar-refractivity contribution in [2.24, 2.45) is 0 Å². The first kappa shape index (κ1) is 16.1. The molecule has 0 aliphatic carbocycles. The number of pyridine rings is 1. The first-order valence-corrected chi connectivity index (χ1v) is 8.00. The number of hydrogen-bond acceptors (Lipinski definition) is 7. The Balaban J connectivity index is 1.72. The van der Waals surface area contributed by atoms with Crippen LogP contribution in [0, 0.1) is 0 Å². The molecule has 3 aromatic rings. The molecular formula is C16H22N8. The molecule has 8 nitrogen and oxygen atoms in total. The van der Waals surface area contributed by atoms with Crippen molar-refractivity contribution in [3.8, 4) is 0 Å². The average Bonchev–Trinajstić information content (AvgIpc) is 2.98. The van der Waals surface area contributed by atoms with E-state index < -0.39 is 0 Å². The Bertz CT molecular complexity index is 798. The fourth-order valence-corrected chi connectivity index (χ4v) is 2.27. The van der Waals surface area contributed by atoms with E-state index >= 15 is 0 Å². The standard InChI is InChI=1S/C16H22N8/c1-11(2)14-18-15(20-16(19-14)23(3)4)17-9-8-13-22-21-12-7-5-6-10-24(12)13/h5-7,10-11H,8-9H2,1-4H3,(H,17,18,19,20). The van der Waals surface area contributed by atoms with Gasteiger partial charge in [0.2, 0.25) is 11.9 Å². The molecule has 0 radical (unpaired) electrons. The van der Waals surface area contributed by atoms with Crippen molar-refractivity contribution in [1.82, 2.24) is 29.5 Å². The normalized spacial score (nSPS) is 11.2. The van der Waals surface area contributed by atoms with E-state index in [0.717, 1.165) is 23.7 Å². The Labute approximate surface area is 141 Å². The van der Waals surface area contributed by atoms with Gasteiger partial charge in [0.1, 0.15) is 11.6 Å². The maximum absolute atomic E-state index is 4.49. The molecule has 3 aromatic heterocycles. The van der Waals surface area contributed by atoms with Gasteiger partial charge in [-0.15, -0.1) is 10.2 Å². The lowest BCUT2D eigenvalue weighted by Gasteiger charge is -2.14. The zero-order chi connectivity index (χ0) is 17.1. The van der Waals surface area contributed by atoms with Crippen molar-refractivity contribution in [1.29, 1.82) is 0 Å². The highest BCUT2D eigenvalue weighted by molar-refractivity contribution is 5.38. The van der Waals surface area contributed by atoms with Crippen LogP contribution in [0.5, 0.6) is 0 Å². The first-order valence-electron chi connectivity index (χ1n) is 8.00. The van der Waals surface area contributed by atoms with E-state index in [-0.39, 0.29) is 5.92 Å². The van der Waals surface area contributed by atoms with Crippen molar-refractivity contribution in [2.75, 3.05) is 30.9 Å². The Morgan fingerprint density at radius 2 is 1.96 bits per heavy atom. The summed E-state index contributed by atoms with van der Waals surface area (Å²) in [6, 6.07) is 5.86. The second-order valence-corrected chi connectivity index (χ2v) is 6.09. The summed E-state index contributed by atoms with van der Waals surface area (Å²) in [5.74, 6) is 3.18. The first-order chi connectivity index (χ1) is 11.5. The van der Waals surface area contributed by atoms with E-state index in [0.29, 0.717) is 18.4 Å². The summed E-state index contributed by atoms with van der Waals surface area (Å²) < 4.78 is 1.99. The summed E-state index contributed by atoms with van der Waals surface area (Å²) >= 11 is 0. The van der Waals surface area contributed by atoms with Crippen LogP contribution < -0.4 is 10.2 Å². The zero-order valence-electron chi connectivity index (χ0n) is 14.4. The van der Waals surface area contributed by atoms with Gasteiger partial charge in [0.05, 0.1) is 0 Å². The molecule has 0 aliphatic heterocycles. The number of nitrogens with one attached hydrogen (secondary N) is 1. The maximum atomic E-state index is 4.49. The Morgan fingerprint density at radius 3 is 2.71 bits per heavy atom. The van der Waals surface area contributed by atoms with Gasteiger partial charge in [-0.25, -0.2) is 0 Å². The summed E-state index contributed by atoms with van der Waals surface area (Å²) in [4.78, 5) is 15.3. The van der Waals surface area contributed by atoms with Crippen LogP contribution in [0.3, 0.4) is 0 Å². The Hall–Kier alpha value is -2.77. The molecule has 0 saturated heterocycles. The third kappa shape index (κ3) is 3.42. The SMILES string of the molecule is CC(C)c1nc(NCCc2nnc3ccccn23)nc(N(C)C)n1. The van der Waals surface area contributed by atoms with Gasteiger partial charge in [-0.1, -0.05) is 19.9 Å². The van der Waals surface area contributed by atoms with Gasteiger partial charge in [-0.2, -0.15) is 15.0 Å². The van der Waals surface area contributed by atoms with Gasteiger partial charge in [0.15, 0.2) is 5.65 Å². The van der Waals surface area contributed by atoms with Crippen molar-refractivity contribution >= 4 is 17.5 Å². The molecule has 1 N–H and O–H groups in total. The second-order valence-electron chi connectivity index (χ2n) is 6.09. The lowest BCUT2D eigenvalue weighted by molar-refractivity contribution is 0.752. The predicted octanol–water partition coefficient (Wildman–Crippen LogP) is 1.76. The van der Waals surface area contributed by atoms with Crippen LogP contribution in [0.4, 0.5) is 11.9 Å². The van der Waals surface area contributed by atoms with E-state index in [1.807, 2.05) is 47.8 Å². The van der Waals surface area contributed by atoms with E-state index in [2.05, 4.69) is 44.3 Å². The van der Waals surface area contributed by atoms with Crippen LogP contribution in [0.1, 0.15) is 31.4 Å². The third-order valence-electron chi connectivity index (χ3n) is 3.57. The van der Waals surface area contributed by atoms with Gasteiger partial charge in [-0.05, 0) is 12.1 Å². The van der Waals surface area contributed by atoms with Gasteiger partial charge < -0.3 is 10.2 Å². The van der Waals surface area contributed by atoms with E-state index in [4.69, 9.17) is 0 Å². The van der Waals surface area contributed by atoms with E-state index in [9.17, 15) is 0 Å². The number of nitrogens with zero attached hydrogens (tertiary/aromatic N) is 7. The number of fused-ring (bicyclic) bond motifs is 1. The lowest BCUT2D eigenvalue weighted by Crippen LogP contribution is -2.18. The summed E-state index contributed by atoms with van der Waals surface area (Å²) in [6.07, 6.45) is 2.69. The van der Waals surface area contributed by atoms with Crippen molar-refractivity contribution < 1.29 is 0 Å². The summed E-state index contributed by atoms with van der Waals surface area (Å²) in [6.45, 7) is 4.81. The van der Waals surface area contributed by atoms with Crippen LogP contribution >= 0.6 is 0 Å². The lowest BCUT2D eigenvalue weighted by atomic mass is 10.2. The smallest absolute Gasteiger partial charge is 0.229 e. The summed E-state index contributed by atoms with van der Waals surface area (Å²) in [5.41, 5.74) is 0.852. The number of aromatic nitrogens is 6. The van der Waals surface area contributed by atoms with Gasteiger partial charge in [0.25, 0.3) is 0 Å². The molecular weight excluding hydrogens is 304 g/mol. The minimum absolute atomic E-state index is 0.243.